The molecule has 1 fully saturated rings. The minimum atomic E-state index is -1.57. The molecule has 0 unspecified atom stereocenters. The van der Waals surface area contributed by atoms with E-state index in [2.05, 4.69) is 22.5 Å². The van der Waals surface area contributed by atoms with Crippen molar-refractivity contribution in [2.24, 2.45) is 0 Å². The van der Waals surface area contributed by atoms with Crippen LogP contribution < -0.4 is 10.6 Å². The predicted octanol–water partition coefficient (Wildman–Crippen LogP) is 5.54. The number of carbonyl (C=O) groups is 1. The minimum absolute atomic E-state index is 0. The summed E-state index contributed by atoms with van der Waals surface area (Å²) < 4.78 is 39.8. The normalized spacial score (nSPS) is 18.3. The van der Waals surface area contributed by atoms with Crippen LogP contribution in [-0.2, 0) is 0 Å². The van der Waals surface area contributed by atoms with Crippen LogP contribution in [-0.4, -0.2) is 23.0 Å². The van der Waals surface area contributed by atoms with Crippen molar-refractivity contribution in [2.75, 3.05) is 5.32 Å². The second kappa shape index (κ2) is 9.56. The Balaban J connectivity index is 0.00000272. The van der Waals surface area contributed by atoms with Crippen LogP contribution in [0, 0.1) is 24.4 Å². The Morgan fingerprint density at radius 2 is 1.58 bits per heavy atom. The molecule has 1 heterocycles. The molecule has 8 heteroatoms. The van der Waals surface area contributed by atoms with E-state index in [1.165, 1.54) is 0 Å². The molecule has 4 rings (SSSR count). The van der Waals surface area contributed by atoms with Gasteiger partial charge in [0, 0.05) is 23.0 Å². The molecule has 3 aromatic rings. The number of aromatic nitrogens is 1. The van der Waals surface area contributed by atoms with Gasteiger partial charge < -0.3 is 10.6 Å². The van der Waals surface area contributed by atoms with Crippen LogP contribution in [0.5, 0.6) is 0 Å². The van der Waals surface area contributed by atoms with Crippen molar-refractivity contribution in [2.45, 2.75) is 44.7 Å². The van der Waals surface area contributed by atoms with E-state index < -0.39 is 23.4 Å². The molecule has 2 aromatic carbocycles. The number of hydrogen-bond donors (Lipinski definition) is 2. The van der Waals surface area contributed by atoms with Gasteiger partial charge in [-0.25, -0.2) is 18.2 Å². The maximum atomic E-state index is 13.4. The summed E-state index contributed by atoms with van der Waals surface area (Å²) in [4.78, 5) is 16.9. The number of pyridine rings is 1. The van der Waals surface area contributed by atoms with Crippen molar-refractivity contribution in [3.8, 4) is 0 Å². The van der Waals surface area contributed by atoms with Crippen LogP contribution in [0.25, 0.3) is 10.9 Å². The highest BCUT2D eigenvalue weighted by atomic mass is 35.5. The van der Waals surface area contributed by atoms with Gasteiger partial charge in [-0.2, -0.15) is 0 Å². The molecule has 1 aliphatic carbocycles. The van der Waals surface area contributed by atoms with Crippen molar-refractivity contribution in [1.29, 1.82) is 0 Å². The van der Waals surface area contributed by atoms with Crippen LogP contribution in [0.4, 0.5) is 19.0 Å². The number of nitrogens with one attached hydrogen (secondary N) is 2. The van der Waals surface area contributed by atoms with Crippen LogP contribution in [0.15, 0.2) is 42.5 Å². The fourth-order valence-corrected chi connectivity index (χ4v) is 3.97. The summed E-state index contributed by atoms with van der Waals surface area (Å²) in [6.45, 7) is 2.06. The Labute approximate surface area is 184 Å². The molecule has 0 saturated heterocycles. The predicted molar refractivity (Wildman–Crippen MR) is 117 cm³/mol. The molecule has 0 radical (unpaired) electrons. The van der Waals surface area contributed by atoms with Gasteiger partial charge in [0.15, 0.2) is 17.5 Å². The highest BCUT2D eigenvalue weighted by molar-refractivity contribution is 5.94. The second-order valence-electron chi connectivity index (χ2n) is 7.76. The van der Waals surface area contributed by atoms with Gasteiger partial charge in [-0.3, -0.25) is 4.79 Å². The Kier molecular flexibility index (Phi) is 7.05. The SMILES string of the molecule is Cc1cc(NC2CCC(NC(=O)c3cc(F)c(F)c(F)c3)CC2)nc2ccccc12.Cl. The fraction of sp³-hybridized carbons (Fsp3) is 0.304. The maximum absolute atomic E-state index is 13.4. The van der Waals surface area contributed by atoms with Crippen molar-refractivity contribution in [1.82, 2.24) is 10.3 Å². The number of hydrogen-bond acceptors (Lipinski definition) is 3. The third-order valence-electron chi connectivity index (χ3n) is 5.58. The number of halogens is 4. The summed E-state index contributed by atoms with van der Waals surface area (Å²) >= 11 is 0. The van der Waals surface area contributed by atoms with Crippen LogP contribution in [0.2, 0.25) is 0 Å². The number of benzene rings is 2. The lowest BCUT2D eigenvalue weighted by Gasteiger charge is -2.30. The first-order chi connectivity index (χ1) is 14.4. The van der Waals surface area contributed by atoms with Crippen molar-refractivity contribution < 1.29 is 18.0 Å². The van der Waals surface area contributed by atoms with E-state index >= 15 is 0 Å². The molecule has 2 N–H and O–H groups in total. The summed E-state index contributed by atoms with van der Waals surface area (Å²) in [6, 6.07) is 11.6. The average Bonchev–Trinajstić information content (AvgIpc) is 2.73. The molecule has 0 spiro atoms. The molecule has 0 atom stereocenters. The Bertz CT molecular complexity index is 1080. The molecule has 1 aromatic heterocycles. The molecule has 1 amide bonds. The molecule has 4 nitrogen and oxygen atoms in total. The van der Waals surface area contributed by atoms with Gasteiger partial charge in [0.2, 0.25) is 0 Å². The lowest BCUT2D eigenvalue weighted by molar-refractivity contribution is 0.0925. The highest BCUT2D eigenvalue weighted by Gasteiger charge is 2.24. The quantitative estimate of drug-likeness (QED) is 0.514. The summed E-state index contributed by atoms with van der Waals surface area (Å²) in [5, 5.41) is 7.39. The summed E-state index contributed by atoms with van der Waals surface area (Å²) in [7, 11) is 0. The molecular weight excluding hydrogens is 427 g/mol. The van der Waals surface area contributed by atoms with E-state index in [0.29, 0.717) is 12.1 Å². The molecule has 164 valence electrons. The van der Waals surface area contributed by atoms with E-state index in [9.17, 15) is 18.0 Å². The number of aryl methyl sites for hydroxylation is 1. The number of anilines is 1. The maximum Gasteiger partial charge on any atom is 0.251 e. The summed E-state index contributed by atoms with van der Waals surface area (Å²) in [6.07, 6.45) is 3.10. The summed E-state index contributed by atoms with van der Waals surface area (Å²) in [5.74, 6) is -4.08. The first-order valence-electron chi connectivity index (χ1n) is 9.99. The third kappa shape index (κ3) is 5.10. The summed E-state index contributed by atoms with van der Waals surface area (Å²) in [5.41, 5.74) is 1.88. The van der Waals surface area contributed by atoms with E-state index in [1.807, 2.05) is 30.3 Å². The first kappa shape index (κ1) is 22.9. The van der Waals surface area contributed by atoms with E-state index in [-0.39, 0.29) is 30.1 Å². The number of amides is 1. The van der Waals surface area contributed by atoms with Gasteiger partial charge in [0.05, 0.1) is 5.52 Å². The van der Waals surface area contributed by atoms with Gasteiger partial charge >= 0.3 is 0 Å². The molecular formula is C23H23ClF3N3O. The second-order valence-corrected chi connectivity index (χ2v) is 7.76. The van der Waals surface area contributed by atoms with Gasteiger partial charge in [-0.15, -0.1) is 12.4 Å². The number of carbonyl (C=O) groups excluding carboxylic acids is 1. The minimum Gasteiger partial charge on any atom is -0.367 e. The monoisotopic (exact) mass is 449 g/mol. The zero-order chi connectivity index (χ0) is 21.3. The third-order valence-corrected chi connectivity index (χ3v) is 5.58. The van der Waals surface area contributed by atoms with E-state index in [0.717, 1.165) is 48.0 Å². The number of fused-ring (bicyclic) bond motifs is 1. The molecule has 1 saturated carbocycles. The fourth-order valence-electron chi connectivity index (χ4n) is 3.97. The first-order valence-corrected chi connectivity index (χ1v) is 9.99. The van der Waals surface area contributed by atoms with Crippen molar-refractivity contribution >= 4 is 35.0 Å². The zero-order valence-corrected chi connectivity index (χ0v) is 17.7. The zero-order valence-electron chi connectivity index (χ0n) is 16.9. The lowest BCUT2D eigenvalue weighted by atomic mass is 9.91. The largest absolute Gasteiger partial charge is 0.367 e. The van der Waals surface area contributed by atoms with Crippen molar-refractivity contribution in [3.63, 3.8) is 0 Å². The Hall–Kier alpha value is -2.80. The number of rotatable bonds is 4. The standard InChI is InChI=1S/C23H22F3N3O.ClH/c1-13-10-21(29-20-5-3-2-4-17(13)20)27-15-6-8-16(9-7-15)28-23(30)14-11-18(24)22(26)19(25)12-14;/h2-5,10-12,15-16H,6-9H2,1H3,(H,27,29)(H,28,30);1H. The van der Waals surface area contributed by atoms with Gasteiger partial charge in [-0.05, 0) is 62.4 Å². The van der Waals surface area contributed by atoms with Gasteiger partial charge in [-0.1, -0.05) is 18.2 Å². The molecule has 31 heavy (non-hydrogen) atoms. The average molecular weight is 450 g/mol. The Morgan fingerprint density at radius 3 is 2.26 bits per heavy atom. The van der Waals surface area contributed by atoms with E-state index in [1.54, 1.807) is 0 Å². The van der Waals surface area contributed by atoms with Crippen molar-refractivity contribution in [3.05, 3.63) is 71.0 Å². The van der Waals surface area contributed by atoms with Crippen LogP contribution in [0.1, 0.15) is 41.6 Å². The van der Waals surface area contributed by atoms with E-state index in [4.69, 9.17) is 0 Å². The van der Waals surface area contributed by atoms with Gasteiger partial charge in [0.1, 0.15) is 5.82 Å². The number of nitrogens with zero attached hydrogens (tertiary/aromatic N) is 1. The van der Waals surface area contributed by atoms with Gasteiger partial charge in [0.25, 0.3) is 5.91 Å². The lowest BCUT2D eigenvalue weighted by Crippen LogP contribution is -2.40. The van der Waals surface area contributed by atoms with Crippen LogP contribution >= 0.6 is 12.4 Å². The molecule has 1 aliphatic rings. The Morgan fingerprint density at radius 1 is 0.968 bits per heavy atom. The highest BCUT2D eigenvalue weighted by Crippen LogP contribution is 2.25. The molecule has 0 bridgehead atoms. The van der Waals surface area contributed by atoms with Crippen LogP contribution in [0.3, 0.4) is 0 Å². The number of para-hydroxylation sites is 1. The molecule has 0 aliphatic heterocycles. The topological polar surface area (TPSA) is 54.0 Å². The smallest absolute Gasteiger partial charge is 0.251 e.